The van der Waals surface area contributed by atoms with Crippen molar-refractivity contribution in [3.05, 3.63) is 53.1 Å². The lowest BCUT2D eigenvalue weighted by molar-refractivity contribution is -0.143. The Morgan fingerprint density at radius 2 is 2.14 bits per heavy atom. The highest BCUT2D eigenvalue weighted by Gasteiger charge is 2.58. The first-order valence-corrected chi connectivity index (χ1v) is 9.53. The van der Waals surface area contributed by atoms with Crippen LogP contribution >= 0.6 is 0 Å². The zero-order valence-electron chi connectivity index (χ0n) is 14.1. The Bertz CT molecular complexity index is 1160. The van der Waals surface area contributed by atoms with Crippen molar-refractivity contribution in [3.63, 3.8) is 0 Å². The summed E-state index contributed by atoms with van der Waals surface area (Å²) in [5.41, 5.74) is -1.21. The first-order valence-electron chi connectivity index (χ1n) is 7.61. The fourth-order valence-corrected chi connectivity index (χ4v) is 4.07. The second kappa shape index (κ2) is 6.78. The van der Waals surface area contributed by atoms with E-state index in [4.69, 9.17) is 16.6 Å². The summed E-state index contributed by atoms with van der Waals surface area (Å²) in [6, 6.07) is 3.45. The molecule has 1 aliphatic rings. The molecule has 0 saturated carbocycles. The Labute approximate surface area is 158 Å². The van der Waals surface area contributed by atoms with Gasteiger partial charge in [0.2, 0.25) is 11.9 Å². The van der Waals surface area contributed by atoms with Gasteiger partial charge < -0.3 is 9.84 Å². The van der Waals surface area contributed by atoms with E-state index in [1.54, 1.807) is 0 Å². The lowest BCUT2D eigenvalue weighted by Gasteiger charge is -2.16. The average molecular weight is 408 g/mol. The van der Waals surface area contributed by atoms with E-state index in [1.165, 1.54) is 24.7 Å². The molecule has 28 heavy (non-hydrogen) atoms. The van der Waals surface area contributed by atoms with E-state index in [0.29, 0.717) is 0 Å². The molecule has 1 aliphatic carbocycles. The van der Waals surface area contributed by atoms with Crippen LogP contribution in [-0.4, -0.2) is 26.5 Å². The molecule has 0 spiro atoms. The SMILES string of the molecule is [C-]#[N+]c1cncc(Oc2ccc(S(C)(=O)=NC#N)c3c2[C@@H](F)C(F)(F)[C@@H]3O)c1. The summed E-state index contributed by atoms with van der Waals surface area (Å²) in [4.78, 5) is 6.54. The minimum absolute atomic E-state index is 0.0145. The van der Waals surface area contributed by atoms with Crippen LogP contribution in [0.15, 0.2) is 39.9 Å². The van der Waals surface area contributed by atoms with Gasteiger partial charge in [-0.2, -0.15) is 14.0 Å². The van der Waals surface area contributed by atoms with Gasteiger partial charge in [-0.15, -0.1) is 4.36 Å². The van der Waals surface area contributed by atoms with Crippen LogP contribution in [0.3, 0.4) is 0 Å². The zero-order valence-corrected chi connectivity index (χ0v) is 15.0. The average Bonchev–Trinajstić information content (AvgIpc) is 2.83. The van der Waals surface area contributed by atoms with E-state index in [-0.39, 0.29) is 22.1 Å². The predicted molar refractivity (Wildman–Crippen MR) is 91.1 cm³/mol. The van der Waals surface area contributed by atoms with Gasteiger partial charge in [0, 0.05) is 23.6 Å². The maximum absolute atomic E-state index is 14.6. The summed E-state index contributed by atoms with van der Waals surface area (Å²) in [7, 11) is -3.50. The van der Waals surface area contributed by atoms with Crippen molar-refractivity contribution in [1.82, 2.24) is 4.98 Å². The number of aliphatic hydroxyl groups excluding tert-OH is 1. The number of aliphatic hydroxyl groups is 1. The molecule has 2 aromatic rings. The van der Waals surface area contributed by atoms with Crippen molar-refractivity contribution in [2.24, 2.45) is 4.36 Å². The summed E-state index contributed by atoms with van der Waals surface area (Å²) < 4.78 is 64.2. The number of rotatable bonds is 3. The fourth-order valence-electron chi connectivity index (χ4n) is 2.86. The van der Waals surface area contributed by atoms with E-state index in [2.05, 4.69) is 14.2 Å². The maximum Gasteiger partial charge on any atom is 0.312 e. The third-order valence-corrected chi connectivity index (χ3v) is 5.72. The molecule has 0 aliphatic heterocycles. The molecule has 1 unspecified atom stereocenters. The first kappa shape index (κ1) is 19.6. The number of aromatic nitrogens is 1. The van der Waals surface area contributed by atoms with Crippen molar-refractivity contribution in [2.75, 3.05) is 6.26 Å². The van der Waals surface area contributed by atoms with Gasteiger partial charge in [0.1, 0.15) is 17.6 Å². The van der Waals surface area contributed by atoms with Crippen molar-refractivity contribution in [2.45, 2.75) is 23.1 Å². The molecule has 0 amide bonds. The highest BCUT2D eigenvalue weighted by atomic mass is 32.2. The topological polar surface area (TPSA) is 99.9 Å². The van der Waals surface area contributed by atoms with Crippen LogP contribution in [0, 0.1) is 18.0 Å². The monoisotopic (exact) mass is 408 g/mol. The molecule has 1 aromatic carbocycles. The van der Waals surface area contributed by atoms with E-state index < -0.39 is 39.1 Å². The van der Waals surface area contributed by atoms with Gasteiger partial charge in [0.05, 0.1) is 27.4 Å². The van der Waals surface area contributed by atoms with Gasteiger partial charge in [0.25, 0.3) is 0 Å². The maximum atomic E-state index is 14.6. The summed E-state index contributed by atoms with van der Waals surface area (Å²) in [6.45, 7) is 6.96. The first-order chi connectivity index (χ1) is 13.1. The molecule has 3 atom stereocenters. The molecule has 1 heterocycles. The molecule has 1 N–H and O–H groups in total. The highest BCUT2D eigenvalue weighted by molar-refractivity contribution is 7.93. The highest BCUT2D eigenvalue weighted by Crippen LogP contribution is 2.57. The number of halogens is 3. The number of nitrogens with zero attached hydrogens (tertiary/aromatic N) is 4. The Morgan fingerprint density at radius 1 is 1.43 bits per heavy atom. The Morgan fingerprint density at radius 3 is 2.79 bits per heavy atom. The second-order valence-electron chi connectivity index (χ2n) is 5.92. The number of hydrogen-bond acceptors (Lipinski definition) is 6. The lowest BCUT2D eigenvalue weighted by Crippen LogP contribution is -2.24. The number of hydrogen-bond donors (Lipinski definition) is 1. The minimum atomic E-state index is -4.20. The van der Waals surface area contributed by atoms with Crippen LogP contribution in [0.25, 0.3) is 4.85 Å². The van der Waals surface area contributed by atoms with E-state index in [1.807, 2.05) is 0 Å². The number of alkyl halides is 3. The van der Waals surface area contributed by atoms with Gasteiger partial charge in [-0.05, 0) is 18.2 Å². The lowest BCUT2D eigenvalue weighted by atomic mass is 10.1. The van der Waals surface area contributed by atoms with Crippen LogP contribution in [-0.2, 0) is 9.73 Å². The molecule has 7 nitrogen and oxygen atoms in total. The van der Waals surface area contributed by atoms with Gasteiger partial charge in [-0.1, -0.05) is 0 Å². The molecular formula is C17H11F3N4O3S. The third-order valence-electron chi connectivity index (χ3n) is 4.12. The number of ether oxygens (including phenoxy) is 1. The smallest absolute Gasteiger partial charge is 0.312 e. The molecule has 0 bridgehead atoms. The van der Waals surface area contributed by atoms with Crippen molar-refractivity contribution in [3.8, 4) is 17.7 Å². The van der Waals surface area contributed by atoms with Gasteiger partial charge >= 0.3 is 5.92 Å². The van der Waals surface area contributed by atoms with Crippen molar-refractivity contribution >= 4 is 15.4 Å². The standard InChI is InChI=1S/C17H11F3N4O3S/c1-22-9-5-10(7-23-6-9)27-11-3-4-12(28(2,26)24-8-21)14-13(11)15(18)17(19,20)16(14)25/h3-7,15-16,25H,2H3/t15-,16-,28?/m1/s1. The minimum Gasteiger partial charge on any atom is -0.457 e. The summed E-state index contributed by atoms with van der Waals surface area (Å²) in [5.74, 6) is -4.58. The van der Waals surface area contributed by atoms with Crippen molar-refractivity contribution in [1.29, 1.82) is 5.26 Å². The number of fused-ring (bicyclic) bond motifs is 1. The molecular weight excluding hydrogens is 397 g/mol. The summed E-state index contributed by atoms with van der Waals surface area (Å²) in [5, 5.41) is 18.7. The summed E-state index contributed by atoms with van der Waals surface area (Å²) >= 11 is 0. The molecule has 0 radical (unpaired) electrons. The summed E-state index contributed by atoms with van der Waals surface area (Å²) in [6.07, 6.45) is -0.748. The quantitative estimate of drug-likeness (QED) is 0.610. The Balaban J connectivity index is 2.24. The van der Waals surface area contributed by atoms with Gasteiger partial charge in [-0.25, -0.2) is 13.4 Å². The predicted octanol–water partition coefficient (Wildman–Crippen LogP) is 4.06. The largest absolute Gasteiger partial charge is 0.457 e. The van der Waals surface area contributed by atoms with Crippen LogP contribution in [0.5, 0.6) is 11.5 Å². The third kappa shape index (κ3) is 3.05. The zero-order chi connectivity index (χ0) is 20.7. The van der Waals surface area contributed by atoms with Crippen molar-refractivity contribution < 1.29 is 27.2 Å². The molecule has 11 heteroatoms. The van der Waals surface area contributed by atoms with Gasteiger partial charge in [0.15, 0.2) is 6.17 Å². The Kier molecular flexibility index (Phi) is 4.75. The number of nitriles is 1. The number of pyridine rings is 1. The molecule has 144 valence electrons. The van der Waals surface area contributed by atoms with Crippen LogP contribution in [0.1, 0.15) is 23.4 Å². The normalized spacial score (nSPS) is 21.7. The fraction of sp³-hybridized carbons (Fsp3) is 0.235. The van der Waals surface area contributed by atoms with Crippen LogP contribution in [0.4, 0.5) is 18.9 Å². The second-order valence-corrected chi connectivity index (χ2v) is 8.14. The van der Waals surface area contributed by atoms with Gasteiger partial charge in [-0.3, -0.25) is 4.98 Å². The Hall–Kier alpha value is -3.15. The number of benzene rings is 1. The van der Waals surface area contributed by atoms with E-state index in [9.17, 15) is 22.5 Å². The van der Waals surface area contributed by atoms with E-state index in [0.717, 1.165) is 18.4 Å². The molecule has 3 rings (SSSR count). The molecule has 1 aromatic heterocycles. The van der Waals surface area contributed by atoms with Crippen LogP contribution in [0.2, 0.25) is 0 Å². The van der Waals surface area contributed by atoms with E-state index >= 15 is 0 Å². The van der Waals surface area contributed by atoms with Crippen LogP contribution < -0.4 is 4.74 Å². The molecule has 0 saturated heterocycles. The molecule has 0 fully saturated rings.